The molecule has 1 atom stereocenters. The second-order valence-corrected chi connectivity index (χ2v) is 9.86. The van der Waals surface area contributed by atoms with Gasteiger partial charge < -0.3 is 19.5 Å². The lowest BCUT2D eigenvalue weighted by Gasteiger charge is -2.18. The van der Waals surface area contributed by atoms with Gasteiger partial charge in [-0.25, -0.2) is 0 Å². The molecule has 2 heterocycles. The Morgan fingerprint density at radius 3 is 2.86 bits per heavy atom. The van der Waals surface area contributed by atoms with E-state index in [0.29, 0.717) is 27.3 Å². The van der Waals surface area contributed by atoms with Gasteiger partial charge in [0.2, 0.25) is 0 Å². The summed E-state index contributed by atoms with van der Waals surface area (Å²) in [6.07, 6.45) is 4.60. The predicted octanol–water partition coefficient (Wildman–Crippen LogP) is 4.66. The molecule has 184 valence electrons. The summed E-state index contributed by atoms with van der Waals surface area (Å²) in [7, 11) is 1.53. The van der Waals surface area contributed by atoms with Gasteiger partial charge >= 0.3 is 0 Å². The van der Waals surface area contributed by atoms with E-state index in [9.17, 15) is 9.59 Å². The van der Waals surface area contributed by atoms with E-state index in [1.54, 1.807) is 23.1 Å². The Hall–Kier alpha value is -2.88. The molecule has 0 radical (unpaired) electrons. The maximum absolute atomic E-state index is 12.9. The first-order valence-electron chi connectivity index (χ1n) is 11.5. The molecule has 2 aromatic carbocycles. The van der Waals surface area contributed by atoms with Crippen molar-refractivity contribution in [3.05, 3.63) is 58.5 Å². The van der Waals surface area contributed by atoms with E-state index in [-0.39, 0.29) is 24.5 Å². The standard InChI is InChI=1S/C26H28N2O5S2/c1-3-18-7-4-5-9-20(18)27-24(29)16-33-21-11-10-17(13-22(21)31-2)14-23-25(30)28(26(34)35-23)15-19-8-6-12-32-19/h4-5,7,9-11,13-14,19H,3,6,8,12,15-16H2,1-2H3,(H,27,29)/b23-14-/t19-/m1/s1. The number of aryl methyl sites for hydroxylation is 1. The lowest BCUT2D eigenvalue weighted by atomic mass is 10.1. The summed E-state index contributed by atoms with van der Waals surface area (Å²) >= 11 is 6.71. The minimum atomic E-state index is -0.257. The van der Waals surface area contributed by atoms with Crippen molar-refractivity contribution in [2.45, 2.75) is 32.3 Å². The molecule has 2 saturated heterocycles. The number of nitrogens with zero attached hydrogens (tertiary/aromatic N) is 1. The number of carbonyl (C=O) groups is 2. The van der Waals surface area contributed by atoms with Crippen LogP contribution in [0, 0.1) is 0 Å². The van der Waals surface area contributed by atoms with E-state index in [4.69, 9.17) is 26.4 Å². The van der Waals surface area contributed by atoms with Crippen LogP contribution in [-0.4, -0.2) is 54.0 Å². The van der Waals surface area contributed by atoms with E-state index < -0.39 is 0 Å². The molecule has 0 spiro atoms. The van der Waals surface area contributed by atoms with Crippen LogP contribution in [0.2, 0.25) is 0 Å². The molecular weight excluding hydrogens is 484 g/mol. The first kappa shape index (κ1) is 25.2. The Morgan fingerprint density at radius 1 is 1.29 bits per heavy atom. The third-order valence-electron chi connectivity index (χ3n) is 5.80. The molecule has 0 aliphatic carbocycles. The highest BCUT2D eigenvalue weighted by Gasteiger charge is 2.34. The smallest absolute Gasteiger partial charge is 0.266 e. The van der Waals surface area contributed by atoms with Crippen LogP contribution in [0.3, 0.4) is 0 Å². The zero-order valence-electron chi connectivity index (χ0n) is 19.7. The summed E-state index contributed by atoms with van der Waals surface area (Å²) in [5, 5.41) is 2.89. The van der Waals surface area contributed by atoms with Crippen LogP contribution >= 0.6 is 24.0 Å². The minimum Gasteiger partial charge on any atom is -0.493 e. The molecule has 9 heteroatoms. The van der Waals surface area contributed by atoms with Gasteiger partial charge in [-0.2, -0.15) is 0 Å². The highest BCUT2D eigenvalue weighted by Crippen LogP contribution is 2.35. The van der Waals surface area contributed by atoms with E-state index >= 15 is 0 Å². The van der Waals surface area contributed by atoms with Crippen molar-refractivity contribution in [3.63, 3.8) is 0 Å². The van der Waals surface area contributed by atoms with Crippen molar-refractivity contribution in [1.29, 1.82) is 0 Å². The minimum absolute atomic E-state index is 0.0426. The molecule has 4 rings (SSSR count). The number of nitrogens with one attached hydrogen (secondary N) is 1. The van der Waals surface area contributed by atoms with Crippen LogP contribution in [0.4, 0.5) is 5.69 Å². The van der Waals surface area contributed by atoms with Gasteiger partial charge in [0.1, 0.15) is 4.32 Å². The Bertz CT molecular complexity index is 1140. The lowest BCUT2D eigenvalue weighted by molar-refractivity contribution is -0.123. The number of thiocarbonyl (C=S) groups is 1. The van der Waals surface area contributed by atoms with Gasteiger partial charge in [0, 0.05) is 12.3 Å². The van der Waals surface area contributed by atoms with Crippen molar-refractivity contribution in [3.8, 4) is 11.5 Å². The molecular formula is C26H28N2O5S2. The number of hydrogen-bond donors (Lipinski definition) is 1. The maximum atomic E-state index is 12.9. The molecule has 2 aliphatic heterocycles. The summed E-state index contributed by atoms with van der Waals surface area (Å²) in [6, 6.07) is 13.0. The molecule has 0 saturated carbocycles. The molecule has 0 bridgehead atoms. The van der Waals surface area contributed by atoms with Gasteiger partial charge in [-0.1, -0.05) is 55.2 Å². The molecule has 2 aliphatic rings. The fourth-order valence-electron chi connectivity index (χ4n) is 3.97. The number of methoxy groups -OCH3 is 1. The van der Waals surface area contributed by atoms with Crippen LogP contribution < -0.4 is 14.8 Å². The fourth-order valence-corrected chi connectivity index (χ4v) is 5.25. The second kappa shape index (κ2) is 11.7. The number of benzene rings is 2. The van der Waals surface area contributed by atoms with Gasteiger partial charge in [-0.15, -0.1) is 0 Å². The van der Waals surface area contributed by atoms with Crippen molar-refractivity contribution in [1.82, 2.24) is 4.90 Å². The van der Waals surface area contributed by atoms with Crippen molar-refractivity contribution in [2.75, 3.05) is 32.2 Å². The van der Waals surface area contributed by atoms with Gasteiger partial charge in [0.15, 0.2) is 18.1 Å². The number of thioether (sulfide) groups is 1. The van der Waals surface area contributed by atoms with Crippen LogP contribution in [0.15, 0.2) is 47.4 Å². The highest BCUT2D eigenvalue weighted by atomic mass is 32.2. The van der Waals surface area contributed by atoms with E-state index in [0.717, 1.165) is 42.7 Å². The average molecular weight is 513 g/mol. The number of amides is 2. The Balaban J connectivity index is 1.40. The van der Waals surface area contributed by atoms with Crippen LogP contribution in [0.1, 0.15) is 30.9 Å². The Labute approximate surface area is 214 Å². The summed E-state index contributed by atoms with van der Waals surface area (Å²) in [4.78, 5) is 27.5. The Morgan fingerprint density at radius 2 is 2.11 bits per heavy atom. The topological polar surface area (TPSA) is 77.1 Å². The number of para-hydroxylation sites is 1. The van der Waals surface area contributed by atoms with Crippen molar-refractivity contribution >= 4 is 51.9 Å². The van der Waals surface area contributed by atoms with Crippen LogP contribution in [-0.2, 0) is 20.7 Å². The number of hydrogen-bond acceptors (Lipinski definition) is 7. The molecule has 1 N–H and O–H groups in total. The molecule has 35 heavy (non-hydrogen) atoms. The van der Waals surface area contributed by atoms with Crippen LogP contribution in [0.25, 0.3) is 6.08 Å². The number of anilines is 1. The predicted molar refractivity (Wildman–Crippen MR) is 142 cm³/mol. The molecule has 0 aromatic heterocycles. The quantitative estimate of drug-likeness (QED) is 0.387. The third-order valence-corrected chi connectivity index (χ3v) is 7.18. The summed E-state index contributed by atoms with van der Waals surface area (Å²) in [6.45, 7) is 3.10. The van der Waals surface area contributed by atoms with Gasteiger partial charge in [0.05, 0.1) is 24.7 Å². The van der Waals surface area contributed by atoms with Gasteiger partial charge in [0.25, 0.3) is 11.8 Å². The average Bonchev–Trinajstić information content (AvgIpc) is 3.47. The molecule has 2 aromatic rings. The first-order valence-corrected chi connectivity index (χ1v) is 12.8. The molecule has 2 amide bonds. The van der Waals surface area contributed by atoms with Crippen LogP contribution in [0.5, 0.6) is 11.5 Å². The van der Waals surface area contributed by atoms with E-state index in [2.05, 4.69) is 5.32 Å². The monoisotopic (exact) mass is 512 g/mol. The highest BCUT2D eigenvalue weighted by molar-refractivity contribution is 8.26. The first-order chi connectivity index (χ1) is 17.0. The maximum Gasteiger partial charge on any atom is 0.266 e. The second-order valence-electron chi connectivity index (χ2n) is 8.19. The zero-order valence-corrected chi connectivity index (χ0v) is 21.4. The largest absolute Gasteiger partial charge is 0.493 e. The molecule has 2 fully saturated rings. The fraction of sp³-hybridized carbons (Fsp3) is 0.346. The van der Waals surface area contributed by atoms with E-state index in [1.165, 1.54) is 18.9 Å². The Kier molecular flexibility index (Phi) is 8.43. The third kappa shape index (κ3) is 6.22. The summed E-state index contributed by atoms with van der Waals surface area (Å²) in [5.41, 5.74) is 2.61. The summed E-state index contributed by atoms with van der Waals surface area (Å²) < 4.78 is 17.4. The number of rotatable bonds is 9. The molecule has 7 nitrogen and oxygen atoms in total. The molecule has 0 unspecified atom stereocenters. The van der Waals surface area contributed by atoms with E-state index in [1.807, 2.05) is 37.3 Å². The SMILES string of the molecule is CCc1ccccc1NC(=O)COc1ccc(/C=C2\SC(=S)N(C[C@H]3CCCO3)C2=O)cc1OC. The van der Waals surface area contributed by atoms with Gasteiger partial charge in [-0.3, -0.25) is 14.5 Å². The number of ether oxygens (including phenoxy) is 3. The van der Waals surface area contributed by atoms with Crippen molar-refractivity contribution in [2.24, 2.45) is 0 Å². The summed E-state index contributed by atoms with van der Waals surface area (Å²) in [5.74, 6) is 0.538. The van der Waals surface area contributed by atoms with Gasteiger partial charge in [-0.05, 0) is 54.7 Å². The zero-order chi connectivity index (χ0) is 24.8. The lowest BCUT2D eigenvalue weighted by Crippen LogP contribution is -2.35. The number of carbonyl (C=O) groups excluding carboxylic acids is 2. The van der Waals surface area contributed by atoms with Crippen molar-refractivity contribution < 1.29 is 23.8 Å². The normalized spacial score (nSPS) is 18.9.